The maximum absolute atomic E-state index is 13.1. The summed E-state index contributed by atoms with van der Waals surface area (Å²) in [5, 5.41) is 5.17. The Morgan fingerprint density at radius 3 is 2.63 bits per heavy atom. The average molecular weight is 400 g/mol. The second-order valence-corrected chi connectivity index (χ2v) is 8.99. The van der Waals surface area contributed by atoms with Gasteiger partial charge in [0.2, 0.25) is 11.7 Å². The first kappa shape index (κ1) is 18.2. The number of furan rings is 1. The van der Waals surface area contributed by atoms with E-state index in [1.165, 1.54) is 28.9 Å². The van der Waals surface area contributed by atoms with Gasteiger partial charge < -0.3 is 9.73 Å². The molecular formula is C21H21NO3S2. The lowest BCUT2D eigenvalue weighted by molar-refractivity contribution is -0.128. The van der Waals surface area contributed by atoms with E-state index in [9.17, 15) is 9.59 Å². The molecule has 0 atom stereocenters. The van der Waals surface area contributed by atoms with Crippen LogP contribution in [-0.2, 0) is 16.8 Å². The van der Waals surface area contributed by atoms with Crippen LogP contribution in [0.1, 0.15) is 57.3 Å². The maximum atomic E-state index is 13.1. The molecule has 3 aromatic heterocycles. The first-order chi connectivity index (χ1) is 13.2. The number of carbonyl (C=O) groups is 2. The van der Waals surface area contributed by atoms with Crippen molar-refractivity contribution < 1.29 is 14.0 Å². The highest BCUT2D eigenvalue weighted by molar-refractivity contribution is 7.14. The van der Waals surface area contributed by atoms with Crippen LogP contribution in [0, 0.1) is 0 Å². The second-order valence-electron chi connectivity index (χ2n) is 6.88. The highest BCUT2D eigenvalue weighted by Crippen LogP contribution is 2.41. The SMILES string of the molecule is O=C(c1ccco1)c1ccc(CNC(=O)C2(c3cccs3)CCCCC2)s1. The summed E-state index contributed by atoms with van der Waals surface area (Å²) in [6.07, 6.45) is 6.69. The van der Waals surface area contributed by atoms with Gasteiger partial charge >= 0.3 is 0 Å². The van der Waals surface area contributed by atoms with Crippen LogP contribution in [-0.4, -0.2) is 11.7 Å². The molecule has 1 amide bonds. The van der Waals surface area contributed by atoms with Crippen molar-refractivity contribution in [2.24, 2.45) is 0 Å². The molecule has 3 aromatic rings. The van der Waals surface area contributed by atoms with E-state index in [4.69, 9.17) is 4.42 Å². The number of nitrogens with one attached hydrogen (secondary N) is 1. The van der Waals surface area contributed by atoms with Gasteiger partial charge in [-0.2, -0.15) is 0 Å². The normalized spacial score (nSPS) is 16.1. The lowest BCUT2D eigenvalue weighted by Gasteiger charge is -2.35. The number of hydrogen-bond acceptors (Lipinski definition) is 5. The summed E-state index contributed by atoms with van der Waals surface area (Å²) in [4.78, 5) is 28.2. The van der Waals surface area contributed by atoms with Crippen molar-refractivity contribution >= 4 is 34.4 Å². The number of amides is 1. The van der Waals surface area contributed by atoms with E-state index in [0.29, 0.717) is 17.2 Å². The molecule has 1 aliphatic carbocycles. The highest BCUT2D eigenvalue weighted by atomic mass is 32.1. The maximum Gasteiger partial charge on any atom is 0.238 e. The Balaban J connectivity index is 1.45. The topological polar surface area (TPSA) is 59.3 Å². The third kappa shape index (κ3) is 3.64. The van der Waals surface area contributed by atoms with Crippen molar-refractivity contribution in [3.8, 4) is 0 Å². The van der Waals surface area contributed by atoms with Gasteiger partial charge in [0.15, 0.2) is 5.76 Å². The van der Waals surface area contributed by atoms with Gasteiger partial charge in [0, 0.05) is 9.75 Å². The molecule has 1 aliphatic rings. The molecule has 0 aliphatic heterocycles. The zero-order valence-corrected chi connectivity index (χ0v) is 16.5. The smallest absolute Gasteiger partial charge is 0.238 e. The first-order valence-corrected chi connectivity index (χ1v) is 10.9. The molecule has 1 fully saturated rings. The Morgan fingerprint density at radius 1 is 1.07 bits per heavy atom. The van der Waals surface area contributed by atoms with Crippen LogP contribution in [0.2, 0.25) is 0 Å². The fourth-order valence-electron chi connectivity index (χ4n) is 3.75. The molecule has 140 valence electrons. The van der Waals surface area contributed by atoms with Crippen molar-refractivity contribution in [3.63, 3.8) is 0 Å². The fourth-order valence-corrected chi connectivity index (χ4v) is 5.63. The van der Waals surface area contributed by atoms with Crippen LogP contribution >= 0.6 is 22.7 Å². The van der Waals surface area contributed by atoms with Gasteiger partial charge in [0.05, 0.1) is 23.1 Å². The Bertz CT molecular complexity index is 903. The van der Waals surface area contributed by atoms with Crippen LogP contribution in [0.3, 0.4) is 0 Å². The summed E-state index contributed by atoms with van der Waals surface area (Å²) in [6, 6.07) is 11.2. The Labute approximate surface area is 166 Å². The van der Waals surface area contributed by atoms with Crippen LogP contribution in [0.5, 0.6) is 0 Å². The standard InChI is InChI=1S/C21H21NO3S2/c23-19(16-6-4-12-25-16)17-9-8-15(27-17)14-22-20(24)21(10-2-1-3-11-21)18-7-5-13-26-18/h4-9,12-13H,1-3,10-11,14H2,(H,22,24). The number of ketones is 1. The highest BCUT2D eigenvalue weighted by Gasteiger charge is 2.41. The molecule has 0 radical (unpaired) electrons. The van der Waals surface area contributed by atoms with E-state index < -0.39 is 5.41 Å². The molecule has 6 heteroatoms. The fraction of sp³-hybridized carbons (Fsp3) is 0.333. The molecule has 0 spiro atoms. The van der Waals surface area contributed by atoms with Crippen LogP contribution in [0.25, 0.3) is 0 Å². The molecule has 0 bridgehead atoms. The van der Waals surface area contributed by atoms with Crippen molar-refractivity contribution in [3.05, 3.63) is 68.4 Å². The summed E-state index contributed by atoms with van der Waals surface area (Å²) in [5.41, 5.74) is -0.392. The molecule has 4 nitrogen and oxygen atoms in total. The van der Waals surface area contributed by atoms with Gasteiger partial charge in [-0.3, -0.25) is 9.59 Å². The van der Waals surface area contributed by atoms with E-state index in [0.717, 1.165) is 30.6 Å². The number of thiophene rings is 2. The molecule has 1 N–H and O–H groups in total. The van der Waals surface area contributed by atoms with Gasteiger partial charge in [0.1, 0.15) is 0 Å². The van der Waals surface area contributed by atoms with Crippen molar-refractivity contribution in [2.75, 3.05) is 0 Å². The van der Waals surface area contributed by atoms with E-state index in [2.05, 4.69) is 11.4 Å². The van der Waals surface area contributed by atoms with Crippen molar-refractivity contribution in [1.29, 1.82) is 0 Å². The van der Waals surface area contributed by atoms with E-state index in [-0.39, 0.29) is 11.7 Å². The summed E-state index contributed by atoms with van der Waals surface area (Å²) in [7, 11) is 0. The predicted octanol–water partition coefficient (Wildman–Crippen LogP) is 5.15. The molecular weight excluding hydrogens is 378 g/mol. The zero-order valence-electron chi connectivity index (χ0n) is 14.9. The second kappa shape index (κ2) is 7.82. The third-order valence-corrected chi connectivity index (χ3v) is 7.35. The summed E-state index contributed by atoms with van der Waals surface area (Å²) in [6.45, 7) is 0.446. The van der Waals surface area contributed by atoms with Gasteiger partial charge in [-0.15, -0.1) is 22.7 Å². The van der Waals surface area contributed by atoms with E-state index >= 15 is 0 Å². The van der Waals surface area contributed by atoms with E-state index in [1.54, 1.807) is 29.5 Å². The molecule has 27 heavy (non-hydrogen) atoms. The Kier molecular flexibility index (Phi) is 5.27. The van der Waals surface area contributed by atoms with Gasteiger partial charge in [-0.25, -0.2) is 0 Å². The largest absolute Gasteiger partial charge is 0.461 e. The summed E-state index contributed by atoms with van der Waals surface area (Å²) < 4.78 is 5.18. The van der Waals surface area contributed by atoms with Crippen LogP contribution in [0.4, 0.5) is 0 Å². The molecule has 0 saturated heterocycles. The summed E-state index contributed by atoms with van der Waals surface area (Å²) >= 11 is 3.07. The van der Waals surface area contributed by atoms with Crippen molar-refractivity contribution in [2.45, 2.75) is 44.1 Å². The predicted molar refractivity (Wildman–Crippen MR) is 107 cm³/mol. The minimum atomic E-state index is -0.392. The molecule has 4 rings (SSSR count). The van der Waals surface area contributed by atoms with Crippen LogP contribution in [0.15, 0.2) is 52.5 Å². The first-order valence-electron chi connectivity index (χ1n) is 9.18. The van der Waals surface area contributed by atoms with Gasteiger partial charge in [0.25, 0.3) is 0 Å². The molecule has 3 heterocycles. The summed E-state index contributed by atoms with van der Waals surface area (Å²) in [5.74, 6) is 0.327. The zero-order chi connectivity index (χ0) is 18.7. The van der Waals surface area contributed by atoms with Crippen LogP contribution < -0.4 is 5.32 Å². The molecule has 1 saturated carbocycles. The number of hydrogen-bond donors (Lipinski definition) is 1. The lowest BCUT2D eigenvalue weighted by Crippen LogP contribution is -2.45. The Morgan fingerprint density at radius 2 is 1.93 bits per heavy atom. The number of rotatable bonds is 6. The van der Waals surface area contributed by atoms with Crippen molar-refractivity contribution in [1.82, 2.24) is 5.32 Å². The number of carbonyl (C=O) groups excluding carboxylic acids is 2. The average Bonchev–Trinajstić information content (AvgIpc) is 3.48. The lowest BCUT2D eigenvalue weighted by atomic mass is 9.72. The van der Waals surface area contributed by atoms with E-state index in [1.807, 2.05) is 17.5 Å². The molecule has 0 aromatic carbocycles. The molecule has 0 unspecified atom stereocenters. The minimum Gasteiger partial charge on any atom is -0.461 e. The Hall–Kier alpha value is -2.18. The monoisotopic (exact) mass is 399 g/mol. The van der Waals surface area contributed by atoms with Gasteiger partial charge in [-0.1, -0.05) is 25.3 Å². The third-order valence-electron chi connectivity index (χ3n) is 5.19. The van der Waals surface area contributed by atoms with Gasteiger partial charge in [-0.05, 0) is 48.6 Å². The quantitative estimate of drug-likeness (QED) is 0.583. The minimum absolute atomic E-state index is 0.108.